The highest BCUT2D eigenvalue weighted by molar-refractivity contribution is 14.0. The van der Waals surface area contributed by atoms with E-state index in [1.54, 1.807) is 13.4 Å². The second-order valence-corrected chi connectivity index (χ2v) is 5.22. The zero-order valence-electron chi connectivity index (χ0n) is 14.5. The first-order chi connectivity index (χ1) is 11.8. The average molecular weight is 455 g/mol. The molecule has 0 atom stereocenters. The number of ether oxygens (including phenoxy) is 1. The van der Waals surface area contributed by atoms with Gasteiger partial charge in [0.05, 0.1) is 13.4 Å². The molecule has 0 saturated heterocycles. The van der Waals surface area contributed by atoms with E-state index in [1.807, 2.05) is 36.4 Å². The Morgan fingerprint density at radius 1 is 1.20 bits per heavy atom. The van der Waals surface area contributed by atoms with E-state index < -0.39 is 0 Å². The minimum atomic E-state index is 0. The normalized spacial score (nSPS) is 10.7. The molecule has 0 fully saturated rings. The monoisotopic (exact) mass is 455 g/mol. The summed E-state index contributed by atoms with van der Waals surface area (Å²) >= 11 is 0. The van der Waals surface area contributed by atoms with Crippen LogP contribution >= 0.6 is 24.0 Å². The van der Waals surface area contributed by atoms with Crippen molar-refractivity contribution in [3.05, 3.63) is 66.6 Å². The van der Waals surface area contributed by atoms with Gasteiger partial charge in [-0.1, -0.05) is 24.3 Å². The van der Waals surface area contributed by atoms with Gasteiger partial charge < -0.3 is 19.8 Å². The number of para-hydroxylation sites is 1. The molecule has 5 nitrogen and oxygen atoms in total. The van der Waals surface area contributed by atoms with Crippen molar-refractivity contribution in [1.29, 1.82) is 0 Å². The van der Waals surface area contributed by atoms with Crippen molar-refractivity contribution in [3.63, 3.8) is 0 Å². The maximum Gasteiger partial charge on any atom is 0.191 e. The third-order valence-electron chi connectivity index (χ3n) is 3.50. The van der Waals surface area contributed by atoms with E-state index in [0.717, 1.165) is 36.9 Å². The van der Waals surface area contributed by atoms with Gasteiger partial charge in [-0.3, -0.25) is 4.99 Å². The lowest BCUT2D eigenvalue weighted by molar-refractivity contribution is 0.409. The molecule has 0 unspecified atom stereocenters. The Labute approximate surface area is 166 Å². The van der Waals surface area contributed by atoms with Crippen LogP contribution in [0.25, 0.3) is 0 Å². The Morgan fingerprint density at radius 2 is 2.04 bits per heavy atom. The Kier molecular flexibility index (Phi) is 10.5. The van der Waals surface area contributed by atoms with Gasteiger partial charge in [0, 0.05) is 26.1 Å². The third-order valence-corrected chi connectivity index (χ3v) is 3.50. The standard InChI is InChI=1S/C19H25N3O2.HI/c1-3-12-20-19(22-14-11-17-8-6-15-24-17)21-13-10-16-7-4-5-9-18(16)23-2;/h3-9,15H,1,10-14H2,2H3,(H2,20,21,22);1H. The van der Waals surface area contributed by atoms with Crippen molar-refractivity contribution in [1.82, 2.24) is 10.6 Å². The number of hydrogen-bond acceptors (Lipinski definition) is 3. The van der Waals surface area contributed by atoms with E-state index in [2.05, 4.69) is 28.3 Å². The Bertz CT molecular complexity index is 642. The van der Waals surface area contributed by atoms with Gasteiger partial charge in [0.25, 0.3) is 0 Å². The van der Waals surface area contributed by atoms with Crippen LogP contribution in [0.15, 0.2) is 64.7 Å². The van der Waals surface area contributed by atoms with E-state index in [9.17, 15) is 0 Å². The second kappa shape index (κ2) is 12.4. The van der Waals surface area contributed by atoms with Crippen LogP contribution in [0.3, 0.4) is 0 Å². The summed E-state index contributed by atoms with van der Waals surface area (Å²) in [5.74, 6) is 2.63. The number of methoxy groups -OCH3 is 1. The number of aliphatic imine (C=N–C) groups is 1. The number of benzene rings is 1. The van der Waals surface area contributed by atoms with Crippen LogP contribution in [-0.2, 0) is 12.8 Å². The summed E-state index contributed by atoms with van der Waals surface area (Å²) in [5.41, 5.74) is 1.17. The van der Waals surface area contributed by atoms with Gasteiger partial charge in [-0.05, 0) is 30.2 Å². The van der Waals surface area contributed by atoms with Crippen LogP contribution in [0, 0.1) is 0 Å². The molecule has 0 aliphatic heterocycles. The number of guanidine groups is 1. The molecule has 1 aromatic heterocycles. The topological polar surface area (TPSA) is 58.8 Å². The summed E-state index contributed by atoms with van der Waals surface area (Å²) in [7, 11) is 1.69. The zero-order valence-corrected chi connectivity index (χ0v) is 16.9. The number of furan rings is 1. The lowest BCUT2D eigenvalue weighted by Crippen LogP contribution is -2.38. The molecule has 2 N–H and O–H groups in total. The largest absolute Gasteiger partial charge is 0.496 e. The van der Waals surface area contributed by atoms with Crippen molar-refractivity contribution in [2.45, 2.75) is 12.8 Å². The number of hydrogen-bond donors (Lipinski definition) is 2. The molecule has 0 aliphatic carbocycles. The summed E-state index contributed by atoms with van der Waals surface area (Å²) in [6.07, 6.45) is 5.13. The summed E-state index contributed by atoms with van der Waals surface area (Å²) < 4.78 is 10.7. The van der Waals surface area contributed by atoms with Gasteiger partial charge in [0.1, 0.15) is 11.5 Å². The van der Waals surface area contributed by atoms with Crippen LogP contribution < -0.4 is 15.4 Å². The van der Waals surface area contributed by atoms with E-state index >= 15 is 0 Å². The Hall–Kier alpha value is -1.96. The SMILES string of the molecule is C=CCNC(=NCCc1ccco1)NCCc1ccccc1OC.I. The molecule has 0 bridgehead atoms. The van der Waals surface area contributed by atoms with E-state index in [-0.39, 0.29) is 24.0 Å². The van der Waals surface area contributed by atoms with E-state index in [0.29, 0.717) is 13.1 Å². The van der Waals surface area contributed by atoms with Gasteiger partial charge >= 0.3 is 0 Å². The first-order valence-corrected chi connectivity index (χ1v) is 8.11. The Morgan fingerprint density at radius 3 is 2.76 bits per heavy atom. The molecule has 2 aromatic rings. The summed E-state index contributed by atoms with van der Waals surface area (Å²) in [6, 6.07) is 11.9. The third kappa shape index (κ3) is 7.64. The van der Waals surface area contributed by atoms with Crippen LogP contribution in [0.2, 0.25) is 0 Å². The molecule has 1 aromatic carbocycles. The fourth-order valence-corrected chi connectivity index (χ4v) is 2.30. The molecule has 2 rings (SSSR count). The van der Waals surface area contributed by atoms with Crippen molar-refractivity contribution < 1.29 is 9.15 Å². The lowest BCUT2D eigenvalue weighted by Gasteiger charge is -2.12. The van der Waals surface area contributed by atoms with E-state index in [4.69, 9.17) is 9.15 Å². The van der Waals surface area contributed by atoms with Crippen molar-refractivity contribution in [3.8, 4) is 5.75 Å². The molecule has 0 aliphatic rings. The van der Waals surface area contributed by atoms with Gasteiger partial charge in [-0.15, -0.1) is 30.6 Å². The van der Waals surface area contributed by atoms with Gasteiger partial charge in [0.15, 0.2) is 5.96 Å². The number of rotatable bonds is 9. The lowest BCUT2D eigenvalue weighted by atomic mass is 10.1. The highest BCUT2D eigenvalue weighted by Gasteiger charge is 2.03. The molecular weight excluding hydrogens is 429 g/mol. The fourth-order valence-electron chi connectivity index (χ4n) is 2.30. The maximum absolute atomic E-state index is 5.38. The fraction of sp³-hybridized carbons (Fsp3) is 0.316. The molecule has 0 radical (unpaired) electrons. The summed E-state index contributed by atoms with van der Waals surface area (Å²) in [5, 5.41) is 6.56. The van der Waals surface area contributed by atoms with Crippen molar-refractivity contribution in [2.75, 3.05) is 26.7 Å². The van der Waals surface area contributed by atoms with Gasteiger partial charge in [0.2, 0.25) is 0 Å². The summed E-state index contributed by atoms with van der Waals surface area (Å²) in [6.45, 7) is 5.82. The summed E-state index contributed by atoms with van der Waals surface area (Å²) in [4.78, 5) is 4.57. The van der Waals surface area contributed by atoms with Crippen molar-refractivity contribution in [2.24, 2.45) is 4.99 Å². The first kappa shape index (κ1) is 21.1. The van der Waals surface area contributed by atoms with E-state index in [1.165, 1.54) is 5.56 Å². The van der Waals surface area contributed by atoms with Crippen LogP contribution in [0.5, 0.6) is 5.75 Å². The molecule has 0 spiro atoms. The highest BCUT2D eigenvalue weighted by atomic mass is 127. The minimum absolute atomic E-state index is 0. The Balaban J connectivity index is 0.00000312. The van der Waals surface area contributed by atoms with Crippen LogP contribution in [0.1, 0.15) is 11.3 Å². The molecule has 0 saturated carbocycles. The predicted molar refractivity (Wildman–Crippen MR) is 113 cm³/mol. The van der Waals surface area contributed by atoms with Crippen LogP contribution in [0.4, 0.5) is 0 Å². The number of nitrogens with one attached hydrogen (secondary N) is 2. The maximum atomic E-state index is 5.38. The molecule has 1 heterocycles. The second-order valence-electron chi connectivity index (χ2n) is 5.22. The molecule has 136 valence electrons. The smallest absolute Gasteiger partial charge is 0.191 e. The quantitative estimate of drug-likeness (QED) is 0.263. The molecule has 6 heteroatoms. The molecular formula is C19H26IN3O2. The van der Waals surface area contributed by atoms with Crippen molar-refractivity contribution >= 4 is 29.9 Å². The molecule has 0 amide bonds. The minimum Gasteiger partial charge on any atom is -0.496 e. The highest BCUT2D eigenvalue weighted by Crippen LogP contribution is 2.17. The predicted octanol–water partition coefficient (Wildman–Crippen LogP) is 3.41. The van der Waals surface area contributed by atoms with Crippen LogP contribution in [-0.4, -0.2) is 32.7 Å². The number of halogens is 1. The number of nitrogens with zero attached hydrogens (tertiary/aromatic N) is 1. The van der Waals surface area contributed by atoms with Gasteiger partial charge in [-0.25, -0.2) is 0 Å². The average Bonchev–Trinajstić information content (AvgIpc) is 3.13. The molecule has 25 heavy (non-hydrogen) atoms. The van der Waals surface area contributed by atoms with Gasteiger partial charge in [-0.2, -0.15) is 0 Å². The zero-order chi connectivity index (χ0) is 17.0. The first-order valence-electron chi connectivity index (χ1n) is 8.11.